The first-order valence-corrected chi connectivity index (χ1v) is 6.10. The van der Waals surface area contributed by atoms with E-state index in [9.17, 15) is 0 Å². The maximum Gasteiger partial charge on any atom is 0.0967 e. The lowest BCUT2D eigenvalue weighted by molar-refractivity contribution is 1.24. The van der Waals surface area contributed by atoms with E-state index < -0.39 is 0 Å². The van der Waals surface area contributed by atoms with Crippen molar-refractivity contribution in [2.45, 2.75) is 25.7 Å². The molecule has 0 spiro atoms. The van der Waals surface area contributed by atoms with Crippen LogP contribution in [0.3, 0.4) is 0 Å². The summed E-state index contributed by atoms with van der Waals surface area (Å²) in [5.74, 6) is 0. The summed E-state index contributed by atoms with van der Waals surface area (Å²) in [4.78, 5) is 1.02. The van der Waals surface area contributed by atoms with Crippen LogP contribution in [0.2, 0.25) is 0 Å². The summed E-state index contributed by atoms with van der Waals surface area (Å²) in [6, 6.07) is 2.08. The average molecular weight is 264 g/mol. The molecule has 0 amide bonds. The smallest absolute Gasteiger partial charge is 0.0967 e. The standard InChI is InChI=1S/C9H11SSi.CH2Cl2/c1-5-4-8(10)9(11)7(3)6(5)2;2-1-3/h4,10H,1-3H3;1H2. The van der Waals surface area contributed by atoms with Gasteiger partial charge in [0, 0.05) is 4.90 Å². The van der Waals surface area contributed by atoms with Crippen molar-refractivity contribution in [1.29, 1.82) is 0 Å². The average Bonchev–Trinajstić information content (AvgIpc) is 2.13. The Morgan fingerprint density at radius 1 is 1.21 bits per heavy atom. The van der Waals surface area contributed by atoms with Gasteiger partial charge >= 0.3 is 0 Å². The van der Waals surface area contributed by atoms with E-state index in [0.717, 1.165) is 10.1 Å². The predicted octanol–water partition coefficient (Wildman–Crippen LogP) is 3.12. The first kappa shape index (κ1) is 14.4. The maximum absolute atomic E-state index is 4.76. The summed E-state index contributed by atoms with van der Waals surface area (Å²) in [7, 11) is 3.54. The fourth-order valence-corrected chi connectivity index (χ4v) is 1.68. The Balaban J connectivity index is 0.000000500. The van der Waals surface area contributed by atoms with E-state index in [1.807, 2.05) is 0 Å². The van der Waals surface area contributed by atoms with Gasteiger partial charge in [-0.05, 0) is 43.5 Å². The third kappa shape index (κ3) is 3.85. The van der Waals surface area contributed by atoms with Gasteiger partial charge in [-0.15, -0.1) is 35.8 Å². The predicted molar refractivity (Wildman–Crippen MR) is 69.9 cm³/mol. The van der Waals surface area contributed by atoms with E-state index in [2.05, 4.69) is 49.7 Å². The van der Waals surface area contributed by atoms with Crippen LogP contribution in [-0.2, 0) is 0 Å². The number of aryl methyl sites for hydroxylation is 1. The van der Waals surface area contributed by atoms with Gasteiger partial charge in [-0.2, -0.15) is 0 Å². The number of hydrogen-bond acceptors (Lipinski definition) is 1. The van der Waals surface area contributed by atoms with Crippen LogP contribution in [0.25, 0.3) is 0 Å². The van der Waals surface area contributed by atoms with Crippen LogP contribution in [0.15, 0.2) is 11.0 Å². The molecule has 0 aliphatic heterocycles. The van der Waals surface area contributed by atoms with E-state index in [1.165, 1.54) is 16.7 Å². The van der Waals surface area contributed by atoms with Crippen LogP contribution in [-0.4, -0.2) is 15.6 Å². The van der Waals surface area contributed by atoms with E-state index in [0.29, 0.717) is 0 Å². The van der Waals surface area contributed by atoms with Gasteiger partial charge in [-0.3, -0.25) is 0 Å². The maximum atomic E-state index is 4.76. The van der Waals surface area contributed by atoms with Crippen molar-refractivity contribution in [2.24, 2.45) is 0 Å². The molecule has 3 radical (unpaired) electrons. The molecule has 1 aromatic rings. The topological polar surface area (TPSA) is 0 Å². The zero-order valence-corrected chi connectivity index (χ0v) is 11.9. The fourth-order valence-electron chi connectivity index (χ4n) is 1.06. The molecule has 1 rings (SSSR count). The lowest BCUT2D eigenvalue weighted by Gasteiger charge is -2.10. The number of thiol groups is 1. The van der Waals surface area contributed by atoms with Gasteiger partial charge < -0.3 is 0 Å². The molecular formula is C10H13Cl2SSi. The molecule has 0 N–H and O–H groups in total. The Morgan fingerprint density at radius 3 is 2.07 bits per heavy atom. The van der Waals surface area contributed by atoms with Crippen LogP contribution in [0.1, 0.15) is 16.7 Å². The summed E-state index contributed by atoms with van der Waals surface area (Å²) < 4.78 is 0. The minimum absolute atomic E-state index is 0.194. The van der Waals surface area contributed by atoms with Crippen molar-refractivity contribution >= 4 is 51.3 Å². The molecule has 0 saturated carbocycles. The molecular weight excluding hydrogens is 251 g/mol. The Morgan fingerprint density at radius 2 is 1.64 bits per heavy atom. The molecule has 77 valence electrons. The number of alkyl halides is 2. The van der Waals surface area contributed by atoms with Crippen molar-refractivity contribution in [3.8, 4) is 0 Å². The lowest BCUT2D eigenvalue weighted by Crippen LogP contribution is -2.12. The molecule has 0 aliphatic carbocycles. The third-order valence-corrected chi connectivity index (χ3v) is 3.35. The number of halogens is 2. The monoisotopic (exact) mass is 263 g/mol. The molecule has 0 nitrogen and oxygen atoms in total. The summed E-state index contributed by atoms with van der Waals surface area (Å²) >= 11 is 13.9. The highest BCUT2D eigenvalue weighted by atomic mass is 35.5. The van der Waals surface area contributed by atoms with Gasteiger partial charge in [-0.1, -0.05) is 5.19 Å². The first-order valence-electron chi connectivity index (χ1n) is 4.09. The third-order valence-electron chi connectivity index (χ3n) is 2.14. The Hall–Kier alpha value is 0.367. The van der Waals surface area contributed by atoms with Crippen molar-refractivity contribution in [2.75, 3.05) is 5.34 Å². The Labute approximate surface area is 105 Å². The SMILES string of the molecule is Cc1cc(S)c([Si])c(C)c1C.ClCCl. The minimum Gasteiger partial charge on any atom is -0.144 e. The highest BCUT2D eigenvalue weighted by Crippen LogP contribution is 2.14. The van der Waals surface area contributed by atoms with Crippen LogP contribution in [0, 0.1) is 20.8 Å². The highest BCUT2D eigenvalue weighted by Gasteiger charge is 2.03. The second-order valence-corrected chi connectivity index (χ2v) is 4.73. The zero-order chi connectivity index (χ0) is 11.3. The highest BCUT2D eigenvalue weighted by molar-refractivity contribution is 7.80. The van der Waals surface area contributed by atoms with Gasteiger partial charge in [0.05, 0.1) is 15.6 Å². The Kier molecular flexibility index (Phi) is 6.96. The van der Waals surface area contributed by atoms with Gasteiger partial charge in [0.2, 0.25) is 0 Å². The molecule has 0 aliphatic rings. The second-order valence-electron chi connectivity index (χ2n) is 2.94. The Bertz CT molecular complexity index is 287. The van der Waals surface area contributed by atoms with Crippen LogP contribution in [0.4, 0.5) is 0 Å². The summed E-state index contributed by atoms with van der Waals surface area (Å²) in [5, 5.41) is 1.30. The molecule has 0 atom stereocenters. The normalized spacial score (nSPS) is 9.36. The van der Waals surface area contributed by atoms with Gasteiger partial charge in [0.15, 0.2) is 0 Å². The number of hydrogen-bond donors (Lipinski definition) is 1. The number of benzene rings is 1. The van der Waals surface area contributed by atoms with E-state index >= 15 is 0 Å². The van der Waals surface area contributed by atoms with Crippen LogP contribution < -0.4 is 5.19 Å². The molecule has 0 aromatic heterocycles. The first-order chi connectivity index (χ1) is 6.45. The molecule has 0 bridgehead atoms. The van der Waals surface area contributed by atoms with Crippen molar-refractivity contribution in [3.63, 3.8) is 0 Å². The van der Waals surface area contributed by atoms with Crippen molar-refractivity contribution in [1.82, 2.24) is 0 Å². The van der Waals surface area contributed by atoms with Crippen molar-refractivity contribution in [3.05, 3.63) is 22.8 Å². The summed E-state index contributed by atoms with van der Waals surface area (Å²) in [6.07, 6.45) is 0. The van der Waals surface area contributed by atoms with Crippen LogP contribution in [0.5, 0.6) is 0 Å². The molecule has 0 fully saturated rings. The lowest BCUT2D eigenvalue weighted by atomic mass is 10.0. The minimum atomic E-state index is 0.194. The second kappa shape index (κ2) is 6.78. The van der Waals surface area contributed by atoms with Crippen molar-refractivity contribution < 1.29 is 0 Å². The fraction of sp³-hybridized carbons (Fsp3) is 0.400. The molecule has 0 saturated heterocycles. The summed E-state index contributed by atoms with van der Waals surface area (Å²) in [6.45, 7) is 6.33. The largest absolute Gasteiger partial charge is 0.144 e. The van der Waals surface area contributed by atoms with Gasteiger partial charge in [0.1, 0.15) is 0 Å². The van der Waals surface area contributed by atoms with Crippen LogP contribution >= 0.6 is 35.8 Å². The zero-order valence-electron chi connectivity index (χ0n) is 8.49. The molecule has 0 unspecified atom stereocenters. The van der Waals surface area contributed by atoms with Gasteiger partial charge in [0.25, 0.3) is 0 Å². The molecule has 4 heteroatoms. The summed E-state index contributed by atoms with van der Waals surface area (Å²) in [5.41, 5.74) is 3.92. The quantitative estimate of drug-likeness (QED) is 0.415. The van der Waals surface area contributed by atoms with E-state index in [-0.39, 0.29) is 5.34 Å². The molecule has 1 aromatic carbocycles. The number of rotatable bonds is 0. The van der Waals surface area contributed by atoms with E-state index in [4.69, 9.17) is 23.2 Å². The molecule has 0 heterocycles. The molecule has 14 heavy (non-hydrogen) atoms. The van der Waals surface area contributed by atoms with Gasteiger partial charge in [-0.25, -0.2) is 0 Å². The van der Waals surface area contributed by atoms with E-state index in [1.54, 1.807) is 0 Å².